The Labute approximate surface area is 171 Å². The molecule has 29 heavy (non-hydrogen) atoms. The number of nitrogens with two attached hydrogens (primary N) is 2. The van der Waals surface area contributed by atoms with Gasteiger partial charge in [-0.25, -0.2) is 0 Å². The van der Waals surface area contributed by atoms with E-state index in [1.807, 2.05) is 78.9 Å². The van der Waals surface area contributed by atoms with Crippen LogP contribution in [0.5, 0.6) is 0 Å². The van der Waals surface area contributed by atoms with E-state index in [2.05, 4.69) is 35.7 Å². The minimum atomic E-state index is 0.724. The average molecular weight is 377 g/mol. The van der Waals surface area contributed by atoms with Crippen LogP contribution in [0.4, 0.5) is 22.7 Å². The Bertz CT molecular complexity index is 1130. The molecular formula is C26H23N3. The Balaban J connectivity index is 1.54. The predicted octanol–water partition coefficient (Wildman–Crippen LogP) is 6.43. The molecule has 4 aromatic rings. The lowest BCUT2D eigenvalue weighted by Crippen LogP contribution is -1.96. The van der Waals surface area contributed by atoms with Crippen LogP contribution in [0.2, 0.25) is 0 Å². The molecule has 3 nitrogen and oxygen atoms in total. The van der Waals surface area contributed by atoms with Crippen molar-refractivity contribution in [2.24, 2.45) is 0 Å². The van der Waals surface area contributed by atoms with Crippen molar-refractivity contribution in [3.63, 3.8) is 0 Å². The maximum Gasteiger partial charge on any atom is 0.0468 e. The predicted molar refractivity (Wildman–Crippen MR) is 126 cm³/mol. The summed E-state index contributed by atoms with van der Waals surface area (Å²) in [6, 6.07) is 32.2. The molecule has 0 heterocycles. The highest BCUT2D eigenvalue weighted by atomic mass is 14.9. The van der Waals surface area contributed by atoms with Gasteiger partial charge in [-0.3, -0.25) is 0 Å². The molecule has 0 saturated heterocycles. The van der Waals surface area contributed by atoms with Gasteiger partial charge in [0.1, 0.15) is 0 Å². The summed E-state index contributed by atoms with van der Waals surface area (Å²) in [5.41, 5.74) is 20.1. The number of nitrogen functional groups attached to an aromatic ring is 2. The fraction of sp³-hybridized carbons (Fsp3) is 0. The summed E-state index contributed by atoms with van der Waals surface area (Å²) in [5.74, 6) is 0. The third kappa shape index (κ3) is 4.30. The van der Waals surface area contributed by atoms with Crippen LogP contribution in [-0.4, -0.2) is 0 Å². The third-order valence-corrected chi connectivity index (χ3v) is 4.82. The average Bonchev–Trinajstić information content (AvgIpc) is 2.75. The minimum Gasteiger partial charge on any atom is -0.398 e. The van der Waals surface area contributed by atoms with E-state index in [0.29, 0.717) is 0 Å². The van der Waals surface area contributed by atoms with Crippen LogP contribution in [0, 0.1) is 0 Å². The van der Waals surface area contributed by atoms with Gasteiger partial charge in [-0.2, -0.15) is 0 Å². The van der Waals surface area contributed by atoms with E-state index in [9.17, 15) is 0 Å². The molecule has 0 spiro atoms. The van der Waals surface area contributed by atoms with E-state index in [1.165, 1.54) is 0 Å². The van der Waals surface area contributed by atoms with Crippen molar-refractivity contribution in [1.29, 1.82) is 0 Å². The standard InChI is InChI=1S/C26H23N3/c27-25-12-5-4-10-23(25)24-11-6-7-20(26(24)28)16-13-19-14-17-22(18-15-19)29-21-8-2-1-3-9-21/h1-18,29H,27-28H2/b16-13+. The molecule has 0 saturated carbocycles. The zero-order chi connectivity index (χ0) is 20.1. The third-order valence-electron chi connectivity index (χ3n) is 4.82. The van der Waals surface area contributed by atoms with Gasteiger partial charge in [0.15, 0.2) is 0 Å². The first kappa shape index (κ1) is 18.4. The van der Waals surface area contributed by atoms with Crippen molar-refractivity contribution < 1.29 is 0 Å². The summed E-state index contributed by atoms with van der Waals surface area (Å²) >= 11 is 0. The van der Waals surface area contributed by atoms with E-state index in [-0.39, 0.29) is 0 Å². The molecule has 4 rings (SSSR count). The number of anilines is 4. The van der Waals surface area contributed by atoms with Gasteiger partial charge in [-0.05, 0) is 41.5 Å². The van der Waals surface area contributed by atoms with Gasteiger partial charge < -0.3 is 16.8 Å². The summed E-state index contributed by atoms with van der Waals surface area (Å²) in [5, 5.41) is 3.39. The number of rotatable bonds is 5. The maximum absolute atomic E-state index is 6.44. The summed E-state index contributed by atoms with van der Waals surface area (Å²) in [6.45, 7) is 0. The fourth-order valence-electron chi connectivity index (χ4n) is 3.26. The first-order valence-electron chi connectivity index (χ1n) is 9.54. The smallest absolute Gasteiger partial charge is 0.0468 e. The summed E-state index contributed by atoms with van der Waals surface area (Å²) < 4.78 is 0. The topological polar surface area (TPSA) is 64.1 Å². The number of hydrogen-bond acceptors (Lipinski definition) is 3. The molecule has 0 aliphatic carbocycles. The van der Waals surface area contributed by atoms with Gasteiger partial charge in [0, 0.05) is 33.9 Å². The number of para-hydroxylation sites is 3. The first-order chi connectivity index (χ1) is 14.2. The van der Waals surface area contributed by atoms with Crippen LogP contribution >= 0.6 is 0 Å². The molecule has 0 amide bonds. The molecule has 4 aromatic carbocycles. The summed E-state index contributed by atoms with van der Waals surface area (Å²) in [7, 11) is 0. The zero-order valence-electron chi connectivity index (χ0n) is 16.0. The molecule has 0 aliphatic heterocycles. The fourth-order valence-corrected chi connectivity index (χ4v) is 3.26. The second-order valence-corrected chi connectivity index (χ2v) is 6.84. The van der Waals surface area contributed by atoms with Crippen LogP contribution in [0.15, 0.2) is 97.1 Å². The van der Waals surface area contributed by atoms with Crippen molar-refractivity contribution in [3.8, 4) is 11.1 Å². The Morgan fingerprint density at radius 2 is 1.21 bits per heavy atom. The maximum atomic E-state index is 6.44. The quantitative estimate of drug-likeness (QED) is 0.277. The first-order valence-corrected chi connectivity index (χ1v) is 9.54. The molecule has 5 N–H and O–H groups in total. The highest BCUT2D eigenvalue weighted by molar-refractivity contribution is 5.89. The van der Waals surface area contributed by atoms with Crippen molar-refractivity contribution in [3.05, 3.63) is 108 Å². The van der Waals surface area contributed by atoms with E-state index in [1.54, 1.807) is 0 Å². The van der Waals surface area contributed by atoms with Crippen molar-refractivity contribution >= 4 is 34.9 Å². The van der Waals surface area contributed by atoms with E-state index in [4.69, 9.17) is 11.5 Å². The van der Waals surface area contributed by atoms with Gasteiger partial charge in [-0.1, -0.05) is 78.9 Å². The number of hydrogen-bond donors (Lipinski definition) is 3. The molecule has 0 aromatic heterocycles. The van der Waals surface area contributed by atoms with E-state index >= 15 is 0 Å². The Kier molecular flexibility index (Phi) is 5.30. The summed E-state index contributed by atoms with van der Waals surface area (Å²) in [4.78, 5) is 0. The molecule has 0 radical (unpaired) electrons. The van der Waals surface area contributed by atoms with Crippen molar-refractivity contribution in [2.75, 3.05) is 16.8 Å². The van der Waals surface area contributed by atoms with Crippen LogP contribution in [0.1, 0.15) is 11.1 Å². The summed E-state index contributed by atoms with van der Waals surface area (Å²) in [6.07, 6.45) is 4.10. The number of nitrogens with one attached hydrogen (secondary N) is 1. The molecule has 0 aliphatic rings. The SMILES string of the molecule is Nc1ccccc1-c1cccc(/C=C/c2ccc(Nc3ccccc3)cc2)c1N. The van der Waals surface area contributed by atoms with Gasteiger partial charge in [0.25, 0.3) is 0 Å². The van der Waals surface area contributed by atoms with Crippen LogP contribution in [0.3, 0.4) is 0 Å². The minimum absolute atomic E-state index is 0.724. The van der Waals surface area contributed by atoms with E-state index in [0.717, 1.165) is 45.0 Å². The second kappa shape index (κ2) is 8.36. The van der Waals surface area contributed by atoms with Crippen LogP contribution < -0.4 is 16.8 Å². The molecule has 3 heteroatoms. The number of benzene rings is 4. The van der Waals surface area contributed by atoms with Crippen LogP contribution in [0.25, 0.3) is 23.3 Å². The van der Waals surface area contributed by atoms with Gasteiger partial charge >= 0.3 is 0 Å². The molecular weight excluding hydrogens is 354 g/mol. The molecule has 0 bridgehead atoms. The monoisotopic (exact) mass is 377 g/mol. The Morgan fingerprint density at radius 3 is 1.97 bits per heavy atom. The highest BCUT2D eigenvalue weighted by Crippen LogP contribution is 2.33. The lowest BCUT2D eigenvalue weighted by Gasteiger charge is -2.11. The highest BCUT2D eigenvalue weighted by Gasteiger charge is 2.07. The second-order valence-electron chi connectivity index (χ2n) is 6.84. The Hall–Kier alpha value is -3.98. The van der Waals surface area contributed by atoms with Gasteiger partial charge in [-0.15, -0.1) is 0 Å². The molecule has 0 fully saturated rings. The largest absolute Gasteiger partial charge is 0.398 e. The zero-order valence-corrected chi connectivity index (χ0v) is 16.0. The molecule has 142 valence electrons. The lowest BCUT2D eigenvalue weighted by molar-refractivity contribution is 1.54. The van der Waals surface area contributed by atoms with E-state index < -0.39 is 0 Å². The molecule has 0 atom stereocenters. The van der Waals surface area contributed by atoms with Gasteiger partial charge in [0.2, 0.25) is 0 Å². The van der Waals surface area contributed by atoms with Crippen molar-refractivity contribution in [1.82, 2.24) is 0 Å². The van der Waals surface area contributed by atoms with Gasteiger partial charge in [0.05, 0.1) is 0 Å². The molecule has 0 unspecified atom stereocenters. The van der Waals surface area contributed by atoms with Crippen molar-refractivity contribution in [2.45, 2.75) is 0 Å². The lowest BCUT2D eigenvalue weighted by atomic mass is 9.98. The Morgan fingerprint density at radius 1 is 0.552 bits per heavy atom. The normalized spacial score (nSPS) is 10.9. The van der Waals surface area contributed by atoms with Crippen LogP contribution in [-0.2, 0) is 0 Å².